The summed E-state index contributed by atoms with van der Waals surface area (Å²) in [6, 6.07) is 5.78. The van der Waals surface area contributed by atoms with Crippen LogP contribution in [0.25, 0.3) is 0 Å². The van der Waals surface area contributed by atoms with Crippen molar-refractivity contribution in [1.29, 1.82) is 0 Å². The normalized spacial score (nSPS) is 10.5. The zero-order valence-corrected chi connectivity index (χ0v) is 11.7. The Morgan fingerprint density at radius 3 is 2.63 bits per heavy atom. The molecular weight excluding hydrogens is 262 g/mol. The van der Waals surface area contributed by atoms with Crippen molar-refractivity contribution < 1.29 is 4.74 Å². The van der Waals surface area contributed by atoms with Crippen LogP contribution in [0.2, 0.25) is 5.02 Å². The molecule has 1 N–H and O–H groups in total. The topological polar surface area (TPSA) is 47.0 Å². The summed E-state index contributed by atoms with van der Waals surface area (Å²) >= 11 is 5.90. The van der Waals surface area contributed by atoms with E-state index in [1.807, 2.05) is 19.1 Å². The fraction of sp³-hybridized carbons (Fsp3) is 0.286. The number of rotatable bonds is 5. The Labute approximate surface area is 117 Å². The first-order valence-electron chi connectivity index (χ1n) is 6.14. The number of aromatic nitrogens is 2. The lowest BCUT2D eigenvalue weighted by atomic mass is 10.2. The van der Waals surface area contributed by atoms with Crippen LogP contribution in [0.5, 0.6) is 11.8 Å². The molecule has 0 aliphatic carbocycles. The van der Waals surface area contributed by atoms with Crippen molar-refractivity contribution in [2.24, 2.45) is 0 Å². The van der Waals surface area contributed by atoms with Crippen molar-refractivity contribution in [3.63, 3.8) is 0 Å². The average molecular weight is 278 g/mol. The minimum atomic E-state index is 0.339. The van der Waals surface area contributed by atoms with Crippen LogP contribution in [0.3, 0.4) is 0 Å². The third-order valence-electron chi connectivity index (χ3n) is 2.60. The third-order valence-corrected chi connectivity index (χ3v) is 2.83. The molecule has 0 atom stereocenters. The number of nitrogens with one attached hydrogen (secondary N) is 1. The van der Waals surface area contributed by atoms with Crippen LogP contribution in [-0.2, 0) is 6.54 Å². The van der Waals surface area contributed by atoms with Crippen molar-refractivity contribution in [3.8, 4) is 11.8 Å². The van der Waals surface area contributed by atoms with Crippen molar-refractivity contribution in [1.82, 2.24) is 15.3 Å². The molecule has 1 heterocycles. The lowest BCUT2D eigenvalue weighted by Crippen LogP contribution is -2.12. The molecule has 0 saturated heterocycles. The molecule has 0 aliphatic heterocycles. The van der Waals surface area contributed by atoms with Crippen LogP contribution in [-0.4, -0.2) is 16.5 Å². The highest BCUT2D eigenvalue weighted by Crippen LogP contribution is 2.25. The fourth-order valence-electron chi connectivity index (χ4n) is 1.58. The first-order valence-corrected chi connectivity index (χ1v) is 6.52. The first-order chi connectivity index (χ1) is 9.19. The standard InChI is InChI=1S/C14H16ClN3O/c1-3-16-7-11-8-17-14(18-9-11)19-13-5-4-12(15)6-10(13)2/h4-6,8-9,16H,3,7H2,1-2H3. The highest BCUT2D eigenvalue weighted by molar-refractivity contribution is 6.30. The van der Waals surface area contributed by atoms with Crippen molar-refractivity contribution >= 4 is 11.6 Å². The predicted molar refractivity (Wildman–Crippen MR) is 75.7 cm³/mol. The molecule has 0 spiro atoms. The van der Waals surface area contributed by atoms with E-state index in [4.69, 9.17) is 16.3 Å². The summed E-state index contributed by atoms with van der Waals surface area (Å²) in [5, 5.41) is 3.90. The number of aryl methyl sites for hydroxylation is 1. The second-order valence-electron chi connectivity index (χ2n) is 4.17. The second-order valence-corrected chi connectivity index (χ2v) is 4.60. The lowest BCUT2D eigenvalue weighted by Gasteiger charge is -2.07. The van der Waals surface area contributed by atoms with Gasteiger partial charge in [0.25, 0.3) is 0 Å². The van der Waals surface area contributed by atoms with Gasteiger partial charge in [0, 0.05) is 29.5 Å². The van der Waals surface area contributed by atoms with E-state index in [1.54, 1.807) is 18.5 Å². The quantitative estimate of drug-likeness (QED) is 0.910. The Bertz CT molecular complexity index is 543. The van der Waals surface area contributed by atoms with Gasteiger partial charge in [-0.15, -0.1) is 0 Å². The van der Waals surface area contributed by atoms with Crippen LogP contribution in [0, 0.1) is 6.92 Å². The van der Waals surface area contributed by atoms with E-state index >= 15 is 0 Å². The van der Waals surface area contributed by atoms with Gasteiger partial charge in [0.15, 0.2) is 0 Å². The minimum Gasteiger partial charge on any atom is -0.424 e. The van der Waals surface area contributed by atoms with Gasteiger partial charge < -0.3 is 10.1 Å². The summed E-state index contributed by atoms with van der Waals surface area (Å²) < 4.78 is 5.62. The molecule has 0 saturated carbocycles. The Hall–Kier alpha value is -1.65. The molecule has 4 nitrogen and oxygen atoms in total. The highest BCUT2D eigenvalue weighted by Gasteiger charge is 2.04. The number of benzene rings is 1. The molecule has 19 heavy (non-hydrogen) atoms. The molecule has 1 aromatic carbocycles. The third kappa shape index (κ3) is 3.91. The molecule has 0 aliphatic rings. The summed E-state index contributed by atoms with van der Waals surface area (Å²) in [6.45, 7) is 5.67. The molecule has 2 aromatic rings. The van der Waals surface area contributed by atoms with Crippen LogP contribution < -0.4 is 10.1 Å². The molecule has 0 radical (unpaired) electrons. The maximum Gasteiger partial charge on any atom is 0.321 e. The molecule has 5 heteroatoms. The minimum absolute atomic E-state index is 0.339. The molecular formula is C14H16ClN3O. The predicted octanol–water partition coefficient (Wildman–Crippen LogP) is 3.34. The molecule has 0 amide bonds. The molecule has 100 valence electrons. The van der Waals surface area contributed by atoms with Gasteiger partial charge in [-0.2, -0.15) is 0 Å². The molecule has 0 fully saturated rings. The van der Waals surface area contributed by atoms with E-state index in [0.717, 1.165) is 24.2 Å². The van der Waals surface area contributed by atoms with Gasteiger partial charge in [-0.3, -0.25) is 0 Å². The van der Waals surface area contributed by atoms with Crippen LogP contribution in [0.4, 0.5) is 0 Å². The van der Waals surface area contributed by atoms with E-state index in [0.29, 0.717) is 16.8 Å². The zero-order chi connectivity index (χ0) is 13.7. The van der Waals surface area contributed by atoms with Gasteiger partial charge in [0.05, 0.1) is 0 Å². The Kier molecular flexibility index (Phi) is 4.71. The molecule has 1 aromatic heterocycles. The SMILES string of the molecule is CCNCc1cnc(Oc2ccc(Cl)cc2C)nc1. The van der Waals surface area contributed by atoms with Gasteiger partial charge in [0.1, 0.15) is 5.75 Å². The Balaban J connectivity index is 2.06. The molecule has 0 unspecified atom stereocenters. The van der Waals surface area contributed by atoms with Crippen molar-refractivity contribution in [2.45, 2.75) is 20.4 Å². The molecule has 0 bridgehead atoms. The van der Waals surface area contributed by atoms with Gasteiger partial charge in [-0.25, -0.2) is 9.97 Å². The number of halogens is 1. The zero-order valence-electron chi connectivity index (χ0n) is 11.0. The van der Waals surface area contributed by atoms with E-state index in [1.165, 1.54) is 0 Å². The monoisotopic (exact) mass is 277 g/mol. The second kappa shape index (κ2) is 6.50. The summed E-state index contributed by atoms with van der Waals surface area (Å²) in [7, 11) is 0. The van der Waals surface area contributed by atoms with Crippen molar-refractivity contribution in [3.05, 3.63) is 46.7 Å². The van der Waals surface area contributed by atoms with Crippen LogP contribution >= 0.6 is 11.6 Å². The van der Waals surface area contributed by atoms with Gasteiger partial charge in [0.2, 0.25) is 0 Å². The van der Waals surface area contributed by atoms with Crippen LogP contribution in [0.1, 0.15) is 18.1 Å². The largest absolute Gasteiger partial charge is 0.424 e. The number of hydrogen-bond donors (Lipinski definition) is 1. The summed E-state index contributed by atoms with van der Waals surface area (Å²) in [6.07, 6.45) is 3.52. The smallest absolute Gasteiger partial charge is 0.321 e. The summed E-state index contributed by atoms with van der Waals surface area (Å²) in [5.74, 6) is 0.712. The number of ether oxygens (including phenoxy) is 1. The maximum atomic E-state index is 5.90. The van der Waals surface area contributed by atoms with E-state index in [-0.39, 0.29) is 0 Å². The van der Waals surface area contributed by atoms with Gasteiger partial charge in [-0.05, 0) is 37.2 Å². The van der Waals surface area contributed by atoms with Crippen molar-refractivity contribution in [2.75, 3.05) is 6.54 Å². The Morgan fingerprint density at radius 1 is 1.26 bits per heavy atom. The molecule has 2 rings (SSSR count). The maximum absolute atomic E-state index is 5.90. The lowest BCUT2D eigenvalue weighted by molar-refractivity contribution is 0.437. The highest BCUT2D eigenvalue weighted by atomic mass is 35.5. The van der Waals surface area contributed by atoms with Crippen LogP contribution in [0.15, 0.2) is 30.6 Å². The van der Waals surface area contributed by atoms with E-state index in [9.17, 15) is 0 Å². The average Bonchev–Trinajstić information content (AvgIpc) is 2.41. The van der Waals surface area contributed by atoms with E-state index < -0.39 is 0 Å². The number of hydrogen-bond acceptors (Lipinski definition) is 4. The summed E-state index contributed by atoms with van der Waals surface area (Å²) in [4.78, 5) is 8.37. The van der Waals surface area contributed by atoms with Gasteiger partial charge >= 0.3 is 6.01 Å². The summed E-state index contributed by atoms with van der Waals surface area (Å²) in [5.41, 5.74) is 1.98. The Morgan fingerprint density at radius 2 is 2.00 bits per heavy atom. The first kappa shape index (κ1) is 13.8. The van der Waals surface area contributed by atoms with Gasteiger partial charge in [-0.1, -0.05) is 18.5 Å². The fourth-order valence-corrected chi connectivity index (χ4v) is 1.81. The number of nitrogens with zero attached hydrogens (tertiary/aromatic N) is 2. The van der Waals surface area contributed by atoms with E-state index in [2.05, 4.69) is 22.2 Å².